The number of hydrogen-bond donors (Lipinski definition) is 1. The zero-order valence-electron chi connectivity index (χ0n) is 11.1. The molecular weight excluding hydrogens is 326 g/mol. The number of nitrogens with one attached hydrogen (secondary N) is 1. The van der Waals surface area contributed by atoms with Gasteiger partial charge in [-0.1, -0.05) is 0 Å². The van der Waals surface area contributed by atoms with E-state index in [-0.39, 0.29) is 22.8 Å². The van der Waals surface area contributed by atoms with Gasteiger partial charge in [0.15, 0.2) is 0 Å². The fourth-order valence-electron chi connectivity index (χ4n) is 1.36. The lowest BCUT2D eigenvalue weighted by Gasteiger charge is -2.12. The molecular formula is C11H16ClNO5S2. The van der Waals surface area contributed by atoms with E-state index < -0.39 is 9.05 Å². The smallest absolute Gasteiger partial charge is 0.270 e. The molecule has 1 aromatic heterocycles. The predicted molar refractivity (Wildman–Crippen MR) is 76.6 cm³/mol. The lowest BCUT2D eigenvalue weighted by molar-refractivity contribution is -0.126. The Labute approximate surface area is 126 Å². The minimum atomic E-state index is -3.73. The standard InChI is InChI=1S/C11H16ClNO5S2/c1-8(13-10(14)7-18-6-5-17-2)9-3-4-11(19-9)20(12,15)16/h3-4,8H,5-7H2,1-2H3,(H,13,14). The molecule has 0 aliphatic heterocycles. The van der Waals surface area contributed by atoms with Gasteiger partial charge in [-0.3, -0.25) is 4.79 Å². The van der Waals surface area contributed by atoms with E-state index in [0.717, 1.165) is 11.3 Å². The molecule has 0 spiro atoms. The number of halogens is 1. The minimum Gasteiger partial charge on any atom is -0.382 e. The second-order valence-electron chi connectivity index (χ2n) is 3.93. The number of thiophene rings is 1. The average molecular weight is 342 g/mol. The van der Waals surface area contributed by atoms with Crippen LogP contribution < -0.4 is 5.32 Å². The summed E-state index contributed by atoms with van der Waals surface area (Å²) in [6, 6.07) is 2.72. The number of methoxy groups -OCH3 is 1. The third-order valence-electron chi connectivity index (χ3n) is 2.31. The molecule has 0 saturated heterocycles. The van der Waals surface area contributed by atoms with Gasteiger partial charge in [0.2, 0.25) is 5.91 Å². The Hall–Kier alpha value is -0.670. The average Bonchev–Trinajstić information content (AvgIpc) is 2.84. The summed E-state index contributed by atoms with van der Waals surface area (Å²) in [6.07, 6.45) is 0. The maximum atomic E-state index is 11.6. The molecule has 20 heavy (non-hydrogen) atoms. The number of rotatable bonds is 8. The Morgan fingerprint density at radius 3 is 2.70 bits per heavy atom. The van der Waals surface area contributed by atoms with Gasteiger partial charge in [-0.2, -0.15) is 0 Å². The number of ether oxygens (including phenoxy) is 2. The first-order valence-electron chi connectivity index (χ1n) is 5.75. The monoisotopic (exact) mass is 341 g/mol. The molecule has 0 radical (unpaired) electrons. The summed E-state index contributed by atoms with van der Waals surface area (Å²) >= 11 is 1.03. The Balaban J connectivity index is 2.48. The lowest BCUT2D eigenvalue weighted by atomic mass is 10.3. The Bertz CT molecular complexity index is 543. The van der Waals surface area contributed by atoms with Crippen LogP contribution >= 0.6 is 22.0 Å². The summed E-state index contributed by atoms with van der Waals surface area (Å²) in [7, 11) is 3.07. The number of hydrogen-bond acceptors (Lipinski definition) is 6. The fourth-order valence-corrected chi connectivity index (χ4v) is 3.45. The molecule has 0 fully saturated rings. The zero-order valence-corrected chi connectivity index (χ0v) is 13.5. The fraction of sp³-hybridized carbons (Fsp3) is 0.545. The van der Waals surface area contributed by atoms with Crippen LogP contribution in [-0.4, -0.2) is 41.3 Å². The molecule has 0 aliphatic rings. The summed E-state index contributed by atoms with van der Waals surface area (Å²) < 4.78 is 32.2. The summed E-state index contributed by atoms with van der Waals surface area (Å²) in [5.74, 6) is -0.280. The van der Waals surface area contributed by atoms with Crippen LogP contribution in [0.1, 0.15) is 17.8 Å². The molecule has 9 heteroatoms. The third-order valence-corrected chi connectivity index (χ3v) is 5.67. The highest BCUT2D eigenvalue weighted by atomic mass is 35.7. The van der Waals surface area contributed by atoms with Gasteiger partial charge >= 0.3 is 0 Å². The highest BCUT2D eigenvalue weighted by Gasteiger charge is 2.17. The van der Waals surface area contributed by atoms with Gasteiger partial charge in [0, 0.05) is 22.7 Å². The van der Waals surface area contributed by atoms with Crippen molar-refractivity contribution in [2.75, 3.05) is 26.9 Å². The van der Waals surface area contributed by atoms with Crippen LogP contribution in [0.3, 0.4) is 0 Å². The van der Waals surface area contributed by atoms with Crippen molar-refractivity contribution in [1.82, 2.24) is 5.32 Å². The van der Waals surface area contributed by atoms with Gasteiger partial charge in [-0.15, -0.1) is 11.3 Å². The van der Waals surface area contributed by atoms with Crippen molar-refractivity contribution in [2.45, 2.75) is 17.2 Å². The summed E-state index contributed by atoms with van der Waals surface area (Å²) in [5, 5.41) is 2.71. The van der Waals surface area contributed by atoms with Crippen molar-refractivity contribution in [3.63, 3.8) is 0 Å². The highest BCUT2D eigenvalue weighted by Crippen LogP contribution is 2.28. The Kier molecular flexibility index (Phi) is 6.90. The number of carbonyl (C=O) groups excluding carboxylic acids is 1. The Morgan fingerprint density at radius 2 is 2.15 bits per heavy atom. The first kappa shape index (κ1) is 17.4. The summed E-state index contributed by atoms with van der Waals surface area (Å²) in [5.41, 5.74) is 0. The van der Waals surface area contributed by atoms with Crippen LogP contribution in [0, 0.1) is 0 Å². The molecule has 1 rings (SSSR count). The van der Waals surface area contributed by atoms with E-state index in [1.807, 2.05) is 0 Å². The summed E-state index contributed by atoms with van der Waals surface area (Å²) in [4.78, 5) is 12.3. The Morgan fingerprint density at radius 1 is 1.45 bits per heavy atom. The third kappa shape index (κ3) is 5.76. The van der Waals surface area contributed by atoms with Crippen molar-refractivity contribution >= 4 is 37.0 Å². The van der Waals surface area contributed by atoms with Gasteiger partial charge in [0.05, 0.1) is 19.3 Å². The van der Waals surface area contributed by atoms with E-state index in [4.69, 9.17) is 20.2 Å². The molecule has 1 heterocycles. The van der Waals surface area contributed by atoms with Crippen LogP contribution in [0.4, 0.5) is 0 Å². The molecule has 0 saturated carbocycles. The van der Waals surface area contributed by atoms with Crippen molar-refractivity contribution in [2.24, 2.45) is 0 Å². The molecule has 1 N–H and O–H groups in total. The van der Waals surface area contributed by atoms with E-state index in [9.17, 15) is 13.2 Å². The second-order valence-corrected chi connectivity index (χ2v) is 7.84. The van der Waals surface area contributed by atoms with E-state index in [1.54, 1.807) is 20.1 Å². The van der Waals surface area contributed by atoms with Crippen LogP contribution in [0.25, 0.3) is 0 Å². The van der Waals surface area contributed by atoms with Gasteiger partial charge < -0.3 is 14.8 Å². The SMILES string of the molecule is COCCOCC(=O)NC(C)c1ccc(S(=O)(=O)Cl)s1. The van der Waals surface area contributed by atoms with Crippen molar-refractivity contribution in [3.05, 3.63) is 17.0 Å². The first-order valence-corrected chi connectivity index (χ1v) is 8.87. The van der Waals surface area contributed by atoms with Gasteiger partial charge in [0.25, 0.3) is 9.05 Å². The van der Waals surface area contributed by atoms with Crippen LogP contribution in [0.2, 0.25) is 0 Å². The minimum absolute atomic E-state index is 0.0617. The van der Waals surface area contributed by atoms with Crippen LogP contribution in [-0.2, 0) is 23.3 Å². The van der Waals surface area contributed by atoms with Crippen LogP contribution in [0.15, 0.2) is 16.3 Å². The van der Waals surface area contributed by atoms with Crippen molar-refractivity contribution in [3.8, 4) is 0 Å². The molecule has 0 bridgehead atoms. The number of amides is 1. The molecule has 1 aromatic rings. The first-order chi connectivity index (χ1) is 9.34. The molecule has 114 valence electrons. The zero-order chi connectivity index (χ0) is 15.2. The van der Waals surface area contributed by atoms with Gasteiger partial charge in [-0.25, -0.2) is 8.42 Å². The van der Waals surface area contributed by atoms with Crippen LogP contribution in [0.5, 0.6) is 0 Å². The van der Waals surface area contributed by atoms with E-state index in [2.05, 4.69) is 5.32 Å². The predicted octanol–water partition coefficient (Wildman–Crippen LogP) is 1.52. The quantitative estimate of drug-likeness (QED) is 0.572. The van der Waals surface area contributed by atoms with E-state index >= 15 is 0 Å². The molecule has 0 aliphatic carbocycles. The van der Waals surface area contributed by atoms with Crippen molar-refractivity contribution in [1.29, 1.82) is 0 Å². The lowest BCUT2D eigenvalue weighted by Crippen LogP contribution is -2.30. The second kappa shape index (κ2) is 7.94. The van der Waals surface area contributed by atoms with Gasteiger partial charge in [-0.05, 0) is 19.1 Å². The van der Waals surface area contributed by atoms with E-state index in [1.165, 1.54) is 6.07 Å². The largest absolute Gasteiger partial charge is 0.382 e. The molecule has 1 atom stereocenters. The molecule has 6 nitrogen and oxygen atoms in total. The molecule has 1 amide bonds. The maximum Gasteiger partial charge on any atom is 0.270 e. The normalized spacial score (nSPS) is 13.2. The van der Waals surface area contributed by atoms with Gasteiger partial charge in [0.1, 0.15) is 10.8 Å². The highest BCUT2D eigenvalue weighted by molar-refractivity contribution is 8.15. The summed E-state index contributed by atoms with van der Waals surface area (Å²) in [6.45, 7) is 2.44. The van der Waals surface area contributed by atoms with Crippen molar-refractivity contribution < 1.29 is 22.7 Å². The topological polar surface area (TPSA) is 81.7 Å². The molecule has 1 unspecified atom stereocenters. The molecule has 0 aromatic carbocycles. The maximum absolute atomic E-state index is 11.6. The number of carbonyl (C=O) groups is 1. The van der Waals surface area contributed by atoms with E-state index in [0.29, 0.717) is 18.1 Å².